The van der Waals surface area contributed by atoms with Crippen molar-refractivity contribution >= 4 is 62.9 Å². The molecule has 0 aromatic carbocycles. The summed E-state index contributed by atoms with van der Waals surface area (Å²) < 4.78 is 26.8. The largest absolute Gasteiger partial charge is 0.356 e. The maximum Gasteiger partial charge on any atom is 0.250 e. The number of guanidine groups is 1. The van der Waals surface area contributed by atoms with Crippen LogP contribution in [0.1, 0.15) is 5.56 Å². The summed E-state index contributed by atoms with van der Waals surface area (Å²) >= 11 is 6.94. The first-order valence-electron chi connectivity index (χ1n) is 7.59. The Morgan fingerprint density at radius 1 is 1.23 bits per heavy atom. The summed E-state index contributed by atoms with van der Waals surface area (Å²) in [6.45, 7) is 1.36. The van der Waals surface area contributed by atoms with Crippen LogP contribution in [0.15, 0.2) is 45.0 Å². The number of sulfonamides is 1. The molecule has 0 aliphatic heterocycles. The molecule has 0 saturated heterocycles. The van der Waals surface area contributed by atoms with Crippen molar-refractivity contribution in [2.24, 2.45) is 4.99 Å². The molecule has 0 spiro atoms. The minimum Gasteiger partial charge on any atom is -0.356 e. The molecule has 26 heavy (non-hydrogen) atoms. The van der Waals surface area contributed by atoms with E-state index in [9.17, 15) is 8.42 Å². The first-order chi connectivity index (χ1) is 12.0. The van der Waals surface area contributed by atoms with Crippen LogP contribution in [0.4, 0.5) is 0 Å². The van der Waals surface area contributed by atoms with Crippen molar-refractivity contribution in [1.82, 2.24) is 20.3 Å². The van der Waals surface area contributed by atoms with E-state index in [2.05, 4.69) is 25.3 Å². The molecule has 11 heteroatoms. The van der Waals surface area contributed by atoms with E-state index in [0.717, 1.165) is 12.0 Å². The van der Waals surface area contributed by atoms with Gasteiger partial charge in [0.2, 0.25) is 10.0 Å². The second-order valence-corrected chi connectivity index (χ2v) is 8.32. The van der Waals surface area contributed by atoms with E-state index in [0.29, 0.717) is 28.4 Å². The lowest BCUT2D eigenvalue weighted by molar-refractivity contribution is 0.582. The fourth-order valence-electron chi connectivity index (χ4n) is 1.95. The van der Waals surface area contributed by atoms with Crippen LogP contribution in [0, 0.1) is 0 Å². The molecule has 0 unspecified atom stereocenters. The number of nitrogens with one attached hydrogen (secondary N) is 3. The van der Waals surface area contributed by atoms with Crippen LogP contribution in [0.3, 0.4) is 0 Å². The molecule has 2 heterocycles. The number of halogens is 2. The summed E-state index contributed by atoms with van der Waals surface area (Å²) in [5.41, 5.74) is 1.07. The van der Waals surface area contributed by atoms with Crippen LogP contribution in [0.25, 0.3) is 0 Å². The SMILES string of the molecule is CN=C(NCCNS(=O)(=O)c1cccs1)NCCc1ccc(Cl)nc1.I. The lowest BCUT2D eigenvalue weighted by atomic mass is 10.2. The van der Waals surface area contributed by atoms with Gasteiger partial charge in [-0.15, -0.1) is 35.3 Å². The predicted octanol–water partition coefficient (Wildman–Crippen LogP) is 2.10. The monoisotopic (exact) mass is 529 g/mol. The summed E-state index contributed by atoms with van der Waals surface area (Å²) in [5, 5.41) is 8.42. The molecule has 0 bridgehead atoms. The molecule has 7 nitrogen and oxygen atoms in total. The van der Waals surface area contributed by atoms with Crippen molar-refractivity contribution in [3.8, 4) is 0 Å². The fourth-order valence-corrected chi connectivity index (χ4v) is 4.14. The van der Waals surface area contributed by atoms with Crippen LogP contribution < -0.4 is 15.4 Å². The third-order valence-electron chi connectivity index (χ3n) is 3.19. The Morgan fingerprint density at radius 3 is 2.62 bits per heavy atom. The maximum atomic E-state index is 12.0. The predicted molar refractivity (Wildman–Crippen MR) is 117 cm³/mol. The van der Waals surface area contributed by atoms with Crippen LogP contribution in [0.5, 0.6) is 0 Å². The molecule has 0 atom stereocenters. The van der Waals surface area contributed by atoms with Crippen molar-refractivity contribution in [3.05, 3.63) is 46.6 Å². The van der Waals surface area contributed by atoms with Gasteiger partial charge in [0, 0.05) is 32.9 Å². The second-order valence-electron chi connectivity index (χ2n) is 4.99. The lowest BCUT2D eigenvalue weighted by Gasteiger charge is -2.12. The highest BCUT2D eigenvalue weighted by atomic mass is 127. The molecule has 144 valence electrons. The minimum atomic E-state index is -3.43. The van der Waals surface area contributed by atoms with Crippen molar-refractivity contribution < 1.29 is 8.42 Å². The zero-order valence-electron chi connectivity index (χ0n) is 14.1. The van der Waals surface area contributed by atoms with Gasteiger partial charge in [0.1, 0.15) is 9.36 Å². The molecule has 0 amide bonds. The van der Waals surface area contributed by atoms with Gasteiger partial charge >= 0.3 is 0 Å². The topological polar surface area (TPSA) is 95.5 Å². The van der Waals surface area contributed by atoms with Crippen LogP contribution in [-0.2, 0) is 16.4 Å². The van der Waals surface area contributed by atoms with Crippen molar-refractivity contribution in [2.45, 2.75) is 10.6 Å². The van der Waals surface area contributed by atoms with E-state index in [4.69, 9.17) is 11.6 Å². The molecule has 2 rings (SSSR count). The number of aromatic nitrogens is 1. The van der Waals surface area contributed by atoms with Gasteiger partial charge in [0.05, 0.1) is 0 Å². The molecule has 2 aromatic rings. The molecular weight excluding hydrogens is 509 g/mol. The molecule has 0 fully saturated rings. The van der Waals surface area contributed by atoms with Gasteiger partial charge in [0.25, 0.3) is 0 Å². The first-order valence-corrected chi connectivity index (χ1v) is 10.3. The van der Waals surface area contributed by atoms with Gasteiger partial charge in [-0.1, -0.05) is 23.7 Å². The number of aliphatic imine (C=N–C) groups is 1. The van der Waals surface area contributed by atoms with Crippen molar-refractivity contribution in [1.29, 1.82) is 0 Å². The molecule has 0 radical (unpaired) electrons. The number of hydrogen-bond donors (Lipinski definition) is 3. The second kappa shape index (κ2) is 11.7. The highest BCUT2D eigenvalue weighted by Gasteiger charge is 2.13. The summed E-state index contributed by atoms with van der Waals surface area (Å²) in [6.07, 6.45) is 2.51. The molecule has 0 aliphatic carbocycles. The van der Waals surface area contributed by atoms with E-state index in [-0.39, 0.29) is 30.5 Å². The molecule has 2 aromatic heterocycles. The third kappa shape index (κ3) is 7.74. The fraction of sp³-hybridized carbons (Fsp3) is 0.333. The Labute approximate surface area is 179 Å². The Morgan fingerprint density at radius 2 is 2.00 bits per heavy atom. The summed E-state index contributed by atoms with van der Waals surface area (Å²) in [5.74, 6) is 0.609. The Hall–Kier alpha value is -0.950. The molecular formula is C15H21ClIN5O2S2. The van der Waals surface area contributed by atoms with E-state index < -0.39 is 10.0 Å². The zero-order valence-corrected chi connectivity index (χ0v) is 18.8. The zero-order chi connectivity index (χ0) is 18.1. The summed E-state index contributed by atoms with van der Waals surface area (Å²) in [6, 6.07) is 6.96. The van der Waals surface area contributed by atoms with Gasteiger partial charge in [-0.05, 0) is 29.5 Å². The Kier molecular flexibility index (Phi) is 10.4. The van der Waals surface area contributed by atoms with Gasteiger partial charge in [-0.2, -0.15) is 0 Å². The quantitative estimate of drug-likeness (QED) is 0.160. The molecule has 0 saturated carbocycles. The van der Waals surface area contributed by atoms with Gasteiger partial charge < -0.3 is 10.6 Å². The average molecular weight is 530 g/mol. The van der Waals surface area contributed by atoms with E-state index in [1.165, 1.54) is 11.3 Å². The van der Waals surface area contributed by atoms with Crippen molar-refractivity contribution in [2.75, 3.05) is 26.7 Å². The number of rotatable bonds is 8. The number of pyridine rings is 1. The van der Waals surface area contributed by atoms with Gasteiger partial charge in [-0.25, -0.2) is 18.1 Å². The van der Waals surface area contributed by atoms with Crippen LogP contribution in [0.2, 0.25) is 5.15 Å². The number of nitrogens with zero attached hydrogens (tertiary/aromatic N) is 2. The van der Waals surface area contributed by atoms with Gasteiger partial charge in [-0.3, -0.25) is 4.99 Å². The number of hydrogen-bond acceptors (Lipinski definition) is 5. The summed E-state index contributed by atoms with van der Waals surface area (Å²) in [7, 11) is -1.77. The Balaban J connectivity index is 0.00000338. The normalized spacial score (nSPS) is 11.7. The summed E-state index contributed by atoms with van der Waals surface area (Å²) in [4.78, 5) is 8.13. The maximum absolute atomic E-state index is 12.0. The standard InChI is InChI=1S/C15H20ClN5O2S2.HI/c1-17-15(18-7-6-12-4-5-13(16)20-11-12)19-8-9-21-25(22,23)14-3-2-10-24-14;/h2-5,10-11,21H,6-9H2,1H3,(H2,17,18,19);1H. The smallest absolute Gasteiger partial charge is 0.250 e. The lowest BCUT2D eigenvalue weighted by Crippen LogP contribution is -2.42. The van der Waals surface area contributed by atoms with Crippen LogP contribution >= 0.6 is 46.9 Å². The first kappa shape index (κ1) is 23.1. The van der Waals surface area contributed by atoms with Gasteiger partial charge in [0.15, 0.2) is 5.96 Å². The average Bonchev–Trinajstić information content (AvgIpc) is 3.14. The third-order valence-corrected chi connectivity index (χ3v) is 6.27. The van der Waals surface area contributed by atoms with E-state index in [1.54, 1.807) is 36.8 Å². The highest BCUT2D eigenvalue weighted by molar-refractivity contribution is 14.0. The molecule has 0 aliphatic rings. The highest BCUT2D eigenvalue weighted by Crippen LogP contribution is 2.14. The van der Waals surface area contributed by atoms with E-state index >= 15 is 0 Å². The van der Waals surface area contributed by atoms with E-state index in [1.807, 2.05) is 6.07 Å². The van der Waals surface area contributed by atoms with Crippen LogP contribution in [-0.4, -0.2) is 46.0 Å². The number of thiophene rings is 1. The van der Waals surface area contributed by atoms with Crippen molar-refractivity contribution in [3.63, 3.8) is 0 Å². The Bertz CT molecular complexity index is 783. The minimum absolute atomic E-state index is 0. The molecule has 3 N–H and O–H groups in total.